The number of carbonyl (C=O) groups excluding carboxylic acids is 1. The van der Waals surface area contributed by atoms with Crippen molar-refractivity contribution in [2.75, 3.05) is 11.4 Å². The van der Waals surface area contributed by atoms with Crippen LogP contribution in [0.1, 0.15) is 16.8 Å². The highest BCUT2D eigenvalue weighted by Gasteiger charge is 2.32. The van der Waals surface area contributed by atoms with Crippen LogP contribution in [0.4, 0.5) is 14.5 Å². The molecule has 0 bridgehead atoms. The number of aromatic carboxylic acids is 1. The number of amides is 1. The first-order valence-corrected chi connectivity index (χ1v) is 5.59. The summed E-state index contributed by atoms with van der Waals surface area (Å²) in [5.74, 6) is -4.19. The van der Waals surface area contributed by atoms with Gasteiger partial charge in [0.05, 0.1) is 5.69 Å². The van der Waals surface area contributed by atoms with Crippen LogP contribution in [-0.2, 0) is 4.79 Å². The third-order valence-electron chi connectivity index (χ3n) is 3.03. The Balaban J connectivity index is 2.53. The fourth-order valence-electron chi connectivity index (χ4n) is 2.11. The van der Waals surface area contributed by atoms with Gasteiger partial charge >= 0.3 is 5.97 Å². The van der Waals surface area contributed by atoms with Crippen molar-refractivity contribution in [2.24, 2.45) is 5.92 Å². The number of rotatable bonds is 3. The largest absolute Gasteiger partial charge is 0.478 e. The second-order valence-electron chi connectivity index (χ2n) is 4.29. The molecule has 1 fully saturated rings. The van der Waals surface area contributed by atoms with Gasteiger partial charge in [-0.1, -0.05) is 6.08 Å². The maximum absolute atomic E-state index is 13.5. The number of carbonyl (C=O) groups is 2. The number of hydrogen-bond donors (Lipinski definition) is 1. The lowest BCUT2D eigenvalue weighted by molar-refractivity contribution is -0.117. The average Bonchev–Trinajstić information content (AvgIpc) is 2.68. The SMILES string of the molecule is C=CC1CC(=O)N(c2cc(F)cc(F)c2C(=O)O)C1. The van der Waals surface area contributed by atoms with E-state index in [-0.39, 0.29) is 30.5 Å². The number of carboxylic acids is 1. The number of halogens is 2. The van der Waals surface area contributed by atoms with E-state index < -0.39 is 23.2 Å². The molecule has 1 N–H and O–H groups in total. The molecule has 19 heavy (non-hydrogen) atoms. The lowest BCUT2D eigenvalue weighted by Gasteiger charge is -2.19. The minimum atomic E-state index is -1.54. The molecule has 1 amide bonds. The maximum Gasteiger partial charge on any atom is 0.340 e. The maximum atomic E-state index is 13.5. The van der Waals surface area contributed by atoms with Gasteiger partial charge in [0.1, 0.15) is 17.2 Å². The van der Waals surface area contributed by atoms with Crippen molar-refractivity contribution >= 4 is 17.6 Å². The van der Waals surface area contributed by atoms with E-state index in [2.05, 4.69) is 6.58 Å². The minimum Gasteiger partial charge on any atom is -0.478 e. The van der Waals surface area contributed by atoms with Gasteiger partial charge in [0, 0.05) is 24.9 Å². The lowest BCUT2D eigenvalue weighted by Crippen LogP contribution is -2.27. The Morgan fingerprint density at radius 1 is 1.47 bits per heavy atom. The van der Waals surface area contributed by atoms with Crippen LogP contribution in [0, 0.1) is 17.6 Å². The summed E-state index contributed by atoms with van der Waals surface area (Å²) >= 11 is 0. The Bertz CT molecular complexity index is 571. The zero-order chi connectivity index (χ0) is 14.2. The molecule has 1 aliphatic rings. The molecule has 1 unspecified atom stereocenters. The Morgan fingerprint density at radius 3 is 2.68 bits per heavy atom. The summed E-state index contributed by atoms with van der Waals surface area (Å²) < 4.78 is 26.8. The van der Waals surface area contributed by atoms with Crippen LogP contribution in [0.25, 0.3) is 0 Å². The van der Waals surface area contributed by atoms with E-state index in [1.165, 1.54) is 0 Å². The van der Waals surface area contributed by atoms with E-state index >= 15 is 0 Å². The zero-order valence-corrected chi connectivity index (χ0v) is 9.90. The van der Waals surface area contributed by atoms with Crippen LogP contribution >= 0.6 is 0 Å². The van der Waals surface area contributed by atoms with Crippen LogP contribution in [-0.4, -0.2) is 23.5 Å². The second-order valence-corrected chi connectivity index (χ2v) is 4.29. The molecule has 0 aromatic heterocycles. The van der Waals surface area contributed by atoms with Gasteiger partial charge in [0.15, 0.2) is 0 Å². The average molecular weight is 267 g/mol. The third kappa shape index (κ3) is 2.33. The van der Waals surface area contributed by atoms with E-state index in [9.17, 15) is 18.4 Å². The van der Waals surface area contributed by atoms with Gasteiger partial charge in [-0.3, -0.25) is 4.79 Å². The normalized spacial score (nSPS) is 18.7. The molecule has 0 spiro atoms. The molecule has 2 rings (SSSR count). The molecule has 0 aliphatic carbocycles. The summed E-state index contributed by atoms with van der Waals surface area (Å²) in [5, 5.41) is 8.99. The standard InChI is InChI=1S/C13H11F2NO3/c1-2-7-3-11(17)16(6-7)10-5-8(14)4-9(15)12(10)13(18)19/h2,4-5,7H,1,3,6H2,(H,18,19). The Morgan fingerprint density at radius 2 is 2.16 bits per heavy atom. The minimum absolute atomic E-state index is 0.152. The van der Waals surface area contributed by atoms with Crippen molar-refractivity contribution in [3.63, 3.8) is 0 Å². The first-order chi connectivity index (χ1) is 8.93. The number of nitrogens with zero attached hydrogens (tertiary/aromatic N) is 1. The number of benzene rings is 1. The van der Waals surface area contributed by atoms with Crippen LogP contribution in [0.3, 0.4) is 0 Å². The van der Waals surface area contributed by atoms with Gasteiger partial charge in [-0.2, -0.15) is 0 Å². The lowest BCUT2D eigenvalue weighted by atomic mass is 10.1. The quantitative estimate of drug-likeness (QED) is 0.854. The Hall–Kier alpha value is -2.24. The zero-order valence-electron chi connectivity index (χ0n) is 9.90. The van der Waals surface area contributed by atoms with Gasteiger partial charge in [-0.25, -0.2) is 13.6 Å². The number of carboxylic acid groups (broad SMARTS) is 1. The molecular formula is C13H11F2NO3. The highest BCUT2D eigenvalue weighted by atomic mass is 19.1. The molecule has 0 saturated carbocycles. The van der Waals surface area contributed by atoms with Crippen molar-refractivity contribution in [1.82, 2.24) is 0 Å². The van der Waals surface area contributed by atoms with Crippen LogP contribution < -0.4 is 4.90 Å². The summed E-state index contributed by atoms with van der Waals surface area (Å²) in [4.78, 5) is 23.9. The topological polar surface area (TPSA) is 57.6 Å². The van der Waals surface area contributed by atoms with Gasteiger partial charge in [-0.05, 0) is 6.07 Å². The molecule has 1 saturated heterocycles. The van der Waals surface area contributed by atoms with Crippen molar-refractivity contribution < 1.29 is 23.5 Å². The molecule has 1 aliphatic heterocycles. The van der Waals surface area contributed by atoms with Gasteiger partial charge < -0.3 is 10.0 Å². The van der Waals surface area contributed by atoms with Crippen molar-refractivity contribution in [3.05, 3.63) is 42.0 Å². The predicted molar refractivity (Wildman–Crippen MR) is 64.0 cm³/mol. The summed E-state index contributed by atoms with van der Waals surface area (Å²) in [7, 11) is 0. The number of hydrogen-bond acceptors (Lipinski definition) is 2. The van der Waals surface area contributed by atoms with Gasteiger partial charge in [-0.15, -0.1) is 6.58 Å². The van der Waals surface area contributed by atoms with E-state index in [1.807, 2.05) is 0 Å². The monoisotopic (exact) mass is 267 g/mol. The van der Waals surface area contributed by atoms with Gasteiger partial charge in [0.25, 0.3) is 0 Å². The fraction of sp³-hybridized carbons (Fsp3) is 0.231. The number of anilines is 1. The molecule has 100 valence electrons. The molecule has 1 aromatic rings. The third-order valence-corrected chi connectivity index (χ3v) is 3.03. The first kappa shape index (κ1) is 13.2. The second kappa shape index (κ2) is 4.79. The summed E-state index contributed by atoms with van der Waals surface area (Å²) in [6.45, 7) is 3.73. The van der Waals surface area contributed by atoms with Crippen LogP contribution in [0.15, 0.2) is 24.8 Å². The van der Waals surface area contributed by atoms with Crippen molar-refractivity contribution in [3.8, 4) is 0 Å². The van der Waals surface area contributed by atoms with E-state index in [1.54, 1.807) is 6.08 Å². The van der Waals surface area contributed by atoms with E-state index in [0.29, 0.717) is 6.07 Å². The Labute approximate surface area is 107 Å². The molecule has 1 aromatic carbocycles. The van der Waals surface area contributed by atoms with Crippen LogP contribution in [0.2, 0.25) is 0 Å². The van der Waals surface area contributed by atoms with E-state index in [0.717, 1.165) is 11.0 Å². The van der Waals surface area contributed by atoms with Crippen LogP contribution in [0.5, 0.6) is 0 Å². The predicted octanol–water partition coefficient (Wildman–Crippen LogP) is 2.20. The molecular weight excluding hydrogens is 256 g/mol. The highest BCUT2D eigenvalue weighted by Crippen LogP contribution is 2.31. The Kier molecular flexibility index (Phi) is 3.33. The molecule has 0 radical (unpaired) electrons. The molecule has 6 heteroatoms. The first-order valence-electron chi connectivity index (χ1n) is 5.59. The highest BCUT2D eigenvalue weighted by molar-refractivity contribution is 6.03. The molecule has 1 heterocycles. The summed E-state index contributed by atoms with van der Waals surface area (Å²) in [6.07, 6.45) is 1.72. The van der Waals surface area contributed by atoms with Crippen molar-refractivity contribution in [1.29, 1.82) is 0 Å². The summed E-state index contributed by atoms with van der Waals surface area (Å²) in [6, 6.07) is 1.34. The smallest absolute Gasteiger partial charge is 0.340 e. The summed E-state index contributed by atoms with van der Waals surface area (Å²) in [5.41, 5.74) is -0.946. The molecule has 4 nitrogen and oxygen atoms in total. The van der Waals surface area contributed by atoms with Gasteiger partial charge in [0.2, 0.25) is 5.91 Å². The van der Waals surface area contributed by atoms with E-state index in [4.69, 9.17) is 5.11 Å². The fourth-order valence-corrected chi connectivity index (χ4v) is 2.11. The van der Waals surface area contributed by atoms with Crippen molar-refractivity contribution in [2.45, 2.75) is 6.42 Å². The molecule has 1 atom stereocenters.